The van der Waals surface area contributed by atoms with Crippen molar-refractivity contribution in [1.29, 1.82) is 0 Å². The molecule has 0 spiro atoms. The zero-order chi connectivity index (χ0) is 24.4. The molecule has 35 heavy (non-hydrogen) atoms. The second kappa shape index (κ2) is 10.6. The number of fused-ring (bicyclic) bond motifs is 1. The van der Waals surface area contributed by atoms with Crippen molar-refractivity contribution in [2.45, 2.75) is 31.5 Å². The van der Waals surface area contributed by atoms with Gasteiger partial charge in [0.25, 0.3) is 0 Å². The highest BCUT2D eigenvalue weighted by Gasteiger charge is 2.24. The van der Waals surface area contributed by atoms with Crippen LogP contribution in [-0.4, -0.2) is 39.6 Å². The van der Waals surface area contributed by atoms with Crippen LogP contribution in [0.1, 0.15) is 41.6 Å². The second-order valence-corrected chi connectivity index (χ2v) is 10.4. The lowest BCUT2D eigenvalue weighted by atomic mass is 9.89. The van der Waals surface area contributed by atoms with Crippen LogP contribution in [0.4, 0.5) is 0 Å². The van der Waals surface area contributed by atoms with E-state index in [2.05, 4.69) is 42.9 Å². The summed E-state index contributed by atoms with van der Waals surface area (Å²) in [6, 6.07) is 19.5. The second-order valence-electron chi connectivity index (χ2n) is 9.07. The Labute approximate surface area is 217 Å². The van der Waals surface area contributed by atoms with Gasteiger partial charge in [-0.05, 0) is 85.4 Å². The minimum atomic E-state index is -0.662. The highest BCUT2D eigenvalue weighted by atomic mass is 79.9. The van der Waals surface area contributed by atoms with Gasteiger partial charge in [-0.15, -0.1) is 0 Å². The standard InChI is InChI=1S/C27H27BrClN3O3/c28-20-4-8-26(35-16-17-1-5-21(29)6-2-17)22(14-20)25(33)15-32-11-9-18(10-12-32)19-3-7-23-24(13-19)31-27(34)30-23/h1-8,13-14,18,25,33H,9-12,15-16H2,(H2,30,31,34). The number of aromatic nitrogens is 2. The predicted octanol–water partition coefficient (Wildman–Crippen LogP) is 5.76. The van der Waals surface area contributed by atoms with Crippen molar-refractivity contribution in [3.8, 4) is 5.75 Å². The summed E-state index contributed by atoms with van der Waals surface area (Å²) in [5.41, 5.74) is 4.55. The predicted molar refractivity (Wildman–Crippen MR) is 142 cm³/mol. The molecular weight excluding hydrogens is 530 g/mol. The molecule has 4 aromatic rings. The van der Waals surface area contributed by atoms with Crippen LogP contribution >= 0.6 is 27.5 Å². The van der Waals surface area contributed by atoms with E-state index in [1.54, 1.807) is 0 Å². The van der Waals surface area contributed by atoms with Crippen LogP contribution in [0.3, 0.4) is 0 Å². The van der Waals surface area contributed by atoms with Crippen LogP contribution in [0.15, 0.2) is 69.9 Å². The number of halogens is 2. The number of benzene rings is 3. The van der Waals surface area contributed by atoms with Gasteiger partial charge in [-0.25, -0.2) is 4.79 Å². The van der Waals surface area contributed by atoms with Gasteiger partial charge in [0.15, 0.2) is 0 Å². The number of piperidine rings is 1. The van der Waals surface area contributed by atoms with Gasteiger partial charge >= 0.3 is 5.69 Å². The van der Waals surface area contributed by atoms with Crippen molar-refractivity contribution >= 4 is 38.6 Å². The molecule has 1 fully saturated rings. The van der Waals surface area contributed by atoms with Gasteiger partial charge in [-0.2, -0.15) is 0 Å². The van der Waals surface area contributed by atoms with Crippen molar-refractivity contribution in [2.75, 3.05) is 19.6 Å². The molecule has 3 N–H and O–H groups in total. The van der Waals surface area contributed by atoms with E-state index >= 15 is 0 Å². The fourth-order valence-electron chi connectivity index (χ4n) is 4.75. The van der Waals surface area contributed by atoms with Crippen LogP contribution in [-0.2, 0) is 6.61 Å². The first-order valence-corrected chi connectivity index (χ1v) is 12.9. The molecule has 8 heteroatoms. The SMILES string of the molecule is O=c1[nH]c2ccc(C3CCN(CC(O)c4cc(Br)ccc4OCc4ccc(Cl)cc4)CC3)cc2[nH]1. The van der Waals surface area contributed by atoms with Gasteiger partial charge in [0.05, 0.1) is 17.1 Å². The number of aliphatic hydroxyl groups excluding tert-OH is 1. The Morgan fingerprint density at radius 3 is 2.54 bits per heavy atom. The Morgan fingerprint density at radius 2 is 1.77 bits per heavy atom. The number of aromatic amines is 2. The van der Waals surface area contributed by atoms with E-state index < -0.39 is 6.10 Å². The zero-order valence-electron chi connectivity index (χ0n) is 19.1. The van der Waals surface area contributed by atoms with Crippen molar-refractivity contribution in [1.82, 2.24) is 14.9 Å². The van der Waals surface area contributed by atoms with Crippen LogP contribution < -0.4 is 10.4 Å². The summed E-state index contributed by atoms with van der Waals surface area (Å²) in [4.78, 5) is 19.5. The minimum absolute atomic E-state index is 0.176. The smallest absolute Gasteiger partial charge is 0.323 e. The maximum atomic E-state index is 11.6. The number of hydrogen-bond donors (Lipinski definition) is 3. The number of ether oxygens (including phenoxy) is 1. The van der Waals surface area contributed by atoms with E-state index in [-0.39, 0.29) is 5.69 Å². The molecular formula is C27H27BrClN3O3. The molecule has 182 valence electrons. The van der Waals surface area contributed by atoms with Gasteiger partial charge in [-0.3, -0.25) is 0 Å². The van der Waals surface area contributed by atoms with E-state index in [1.165, 1.54) is 5.56 Å². The number of nitrogens with one attached hydrogen (secondary N) is 2. The number of rotatable bonds is 7. The zero-order valence-corrected chi connectivity index (χ0v) is 21.5. The minimum Gasteiger partial charge on any atom is -0.489 e. The molecule has 1 aliphatic heterocycles. The Kier molecular flexibility index (Phi) is 7.29. The molecule has 1 atom stereocenters. The van der Waals surface area contributed by atoms with Crippen molar-refractivity contribution in [3.63, 3.8) is 0 Å². The third kappa shape index (κ3) is 5.81. The molecule has 3 aromatic carbocycles. The van der Waals surface area contributed by atoms with Crippen LogP contribution in [0.2, 0.25) is 5.02 Å². The third-order valence-corrected chi connectivity index (χ3v) is 7.41. The molecule has 0 saturated carbocycles. The molecule has 6 nitrogen and oxygen atoms in total. The Bertz CT molecular complexity index is 1360. The van der Waals surface area contributed by atoms with Crippen molar-refractivity contribution in [2.24, 2.45) is 0 Å². The molecule has 1 unspecified atom stereocenters. The van der Waals surface area contributed by atoms with E-state index in [0.29, 0.717) is 29.8 Å². The normalized spacial score (nSPS) is 16.0. The lowest BCUT2D eigenvalue weighted by molar-refractivity contribution is 0.0944. The lowest BCUT2D eigenvalue weighted by Gasteiger charge is -2.33. The lowest BCUT2D eigenvalue weighted by Crippen LogP contribution is -2.36. The summed E-state index contributed by atoms with van der Waals surface area (Å²) in [6.45, 7) is 2.75. The first kappa shape index (κ1) is 24.1. The number of aliphatic hydroxyl groups is 1. The van der Waals surface area contributed by atoms with Gasteiger partial charge in [-0.1, -0.05) is 45.7 Å². The van der Waals surface area contributed by atoms with Gasteiger partial charge in [0.2, 0.25) is 0 Å². The van der Waals surface area contributed by atoms with E-state index in [1.807, 2.05) is 48.5 Å². The summed E-state index contributed by atoms with van der Waals surface area (Å²) in [5, 5.41) is 11.8. The topological polar surface area (TPSA) is 81.3 Å². The summed E-state index contributed by atoms with van der Waals surface area (Å²) >= 11 is 9.50. The monoisotopic (exact) mass is 555 g/mol. The fraction of sp³-hybridized carbons (Fsp3) is 0.296. The maximum Gasteiger partial charge on any atom is 0.323 e. The number of imidazole rings is 1. The maximum absolute atomic E-state index is 11.6. The summed E-state index contributed by atoms with van der Waals surface area (Å²) in [7, 11) is 0. The van der Waals surface area contributed by atoms with Crippen molar-refractivity contribution in [3.05, 3.63) is 97.3 Å². The molecule has 0 aliphatic carbocycles. The van der Waals surface area contributed by atoms with Gasteiger partial charge < -0.3 is 24.7 Å². The quantitative estimate of drug-likeness (QED) is 0.270. The highest BCUT2D eigenvalue weighted by Crippen LogP contribution is 2.33. The number of nitrogens with zero attached hydrogens (tertiary/aromatic N) is 1. The van der Waals surface area contributed by atoms with Gasteiger partial charge in [0.1, 0.15) is 12.4 Å². The number of likely N-dealkylation sites (tertiary alicyclic amines) is 1. The van der Waals surface area contributed by atoms with Crippen LogP contribution in [0, 0.1) is 0 Å². The van der Waals surface area contributed by atoms with E-state index in [9.17, 15) is 9.90 Å². The molecule has 0 bridgehead atoms. The van der Waals surface area contributed by atoms with Crippen molar-refractivity contribution < 1.29 is 9.84 Å². The molecule has 0 radical (unpaired) electrons. The van der Waals surface area contributed by atoms with Crippen LogP contribution in [0.25, 0.3) is 11.0 Å². The highest BCUT2D eigenvalue weighted by molar-refractivity contribution is 9.10. The molecule has 2 heterocycles. The first-order valence-electron chi connectivity index (χ1n) is 11.7. The third-order valence-electron chi connectivity index (χ3n) is 6.67. The molecule has 5 rings (SSSR count). The van der Waals surface area contributed by atoms with E-state index in [0.717, 1.165) is 52.6 Å². The fourth-order valence-corrected chi connectivity index (χ4v) is 5.25. The summed E-state index contributed by atoms with van der Waals surface area (Å²) < 4.78 is 6.97. The Balaban J connectivity index is 1.21. The molecule has 1 aromatic heterocycles. The van der Waals surface area contributed by atoms with Crippen LogP contribution in [0.5, 0.6) is 5.75 Å². The first-order chi connectivity index (χ1) is 16.9. The number of hydrogen-bond acceptors (Lipinski definition) is 4. The summed E-state index contributed by atoms with van der Waals surface area (Å²) in [5.74, 6) is 1.12. The Morgan fingerprint density at radius 1 is 1.03 bits per heavy atom. The number of β-amino-alcohol motifs (C(OH)–C–C–N with tert-alkyl or cyclic N) is 1. The van der Waals surface area contributed by atoms with Gasteiger partial charge in [0, 0.05) is 21.6 Å². The Hall–Kier alpha value is -2.58. The van der Waals surface area contributed by atoms with E-state index in [4.69, 9.17) is 16.3 Å². The average molecular weight is 557 g/mol. The molecule has 0 amide bonds. The number of H-pyrrole nitrogens is 2. The largest absolute Gasteiger partial charge is 0.489 e. The average Bonchev–Trinajstić information content (AvgIpc) is 3.24. The molecule has 1 saturated heterocycles. The molecule has 1 aliphatic rings. The summed E-state index contributed by atoms with van der Waals surface area (Å²) in [6.07, 6.45) is 1.35.